The molecule has 0 aromatic heterocycles. The quantitative estimate of drug-likeness (QED) is 0.563. The van der Waals surface area contributed by atoms with E-state index in [9.17, 15) is 23.2 Å². The minimum Gasteiger partial charge on any atom is -0.480 e. The van der Waals surface area contributed by atoms with Crippen LogP contribution in [0.3, 0.4) is 0 Å². The molecular formula is C14H18N4O6S. The van der Waals surface area contributed by atoms with Crippen LogP contribution >= 0.6 is 0 Å². The fraction of sp³-hybridized carbons (Fsp3) is 0.357. The largest absolute Gasteiger partial charge is 0.480 e. The highest BCUT2D eigenvalue weighted by atomic mass is 32.2. The maximum atomic E-state index is 12.3. The number of hydrogen-bond donors (Lipinski definition) is 3. The second-order valence-corrected chi connectivity index (χ2v) is 7.91. The van der Waals surface area contributed by atoms with Gasteiger partial charge in [-0.05, 0) is 19.1 Å². The zero-order valence-electron chi connectivity index (χ0n) is 13.8. The van der Waals surface area contributed by atoms with Crippen LogP contribution < -0.4 is 5.48 Å². The van der Waals surface area contributed by atoms with E-state index in [2.05, 4.69) is 5.10 Å². The molecule has 1 unspecified atom stereocenters. The number of aliphatic carboxylic acids is 1. The molecule has 11 heteroatoms. The lowest BCUT2D eigenvalue weighted by atomic mass is 9.91. The fourth-order valence-corrected chi connectivity index (χ4v) is 3.21. The van der Waals surface area contributed by atoms with E-state index in [4.69, 9.17) is 5.11 Å². The van der Waals surface area contributed by atoms with Gasteiger partial charge < -0.3 is 10.3 Å². The molecule has 1 aromatic carbocycles. The molecule has 0 saturated carbocycles. The van der Waals surface area contributed by atoms with Gasteiger partial charge in [-0.3, -0.25) is 9.59 Å². The number of carbonyl (C=O) groups is 2. The first-order chi connectivity index (χ1) is 11.5. The zero-order chi connectivity index (χ0) is 19.0. The molecule has 25 heavy (non-hydrogen) atoms. The van der Waals surface area contributed by atoms with Crippen LogP contribution in [-0.2, 0) is 19.6 Å². The highest BCUT2D eigenvalue weighted by Crippen LogP contribution is 2.25. The SMILES string of the molecule is CN(C)S(=O)(=O)c1ccc(C2=NN(CC(=O)O)C(=O)C2(C)NO)cc1. The standard InChI is InChI=1S/C14H18N4O6S/c1-14(16-22)12(15-18(13(14)21)8-11(19)20)9-4-6-10(7-5-9)25(23,24)17(2)3/h4-7,16,22H,8H2,1-3H3,(H,19,20). The smallest absolute Gasteiger partial charge is 0.325 e. The van der Waals surface area contributed by atoms with Crippen molar-refractivity contribution in [2.45, 2.75) is 17.4 Å². The van der Waals surface area contributed by atoms with Crippen LogP contribution in [0.1, 0.15) is 12.5 Å². The molecule has 10 nitrogen and oxygen atoms in total. The lowest BCUT2D eigenvalue weighted by Gasteiger charge is -2.22. The van der Waals surface area contributed by atoms with Gasteiger partial charge in [0.05, 0.1) is 10.6 Å². The van der Waals surface area contributed by atoms with Crippen molar-refractivity contribution in [3.63, 3.8) is 0 Å². The van der Waals surface area contributed by atoms with Crippen molar-refractivity contribution in [2.24, 2.45) is 5.10 Å². The molecule has 0 bridgehead atoms. The van der Waals surface area contributed by atoms with Crippen LogP contribution in [0.5, 0.6) is 0 Å². The second kappa shape index (κ2) is 6.52. The third-order valence-electron chi connectivity index (χ3n) is 3.77. The van der Waals surface area contributed by atoms with Crippen molar-refractivity contribution >= 4 is 27.6 Å². The van der Waals surface area contributed by atoms with Crippen molar-refractivity contribution in [3.05, 3.63) is 29.8 Å². The van der Waals surface area contributed by atoms with Gasteiger partial charge in [-0.15, -0.1) is 0 Å². The molecule has 136 valence electrons. The maximum Gasteiger partial charge on any atom is 0.325 e. The maximum absolute atomic E-state index is 12.3. The number of amides is 1. The van der Waals surface area contributed by atoms with Gasteiger partial charge >= 0.3 is 5.97 Å². The van der Waals surface area contributed by atoms with Crippen molar-refractivity contribution < 1.29 is 28.3 Å². The molecule has 2 rings (SSSR count). The Morgan fingerprint density at radius 3 is 2.32 bits per heavy atom. The summed E-state index contributed by atoms with van der Waals surface area (Å²) in [6, 6.07) is 5.55. The number of rotatable bonds is 6. The minimum absolute atomic E-state index is 0.0484. The first-order valence-electron chi connectivity index (χ1n) is 7.11. The monoisotopic (exact) mass is 370 g/mol. The summed E-state index contributed by atoms with van der Waals surface area (Å²) in [4.78, 5) is 23.2. The van der Waals surface area contributed by atoms with E-state index in [-0.39, 0.29) is 10.6 Å². The van der Waals surface area contributed by atoms with E-state index in [1.54, 1.807) is 0 Å². The summed E-state index contributed by atoms with van der Waals surface area (Å²) in [6.07, 6.45) is 0. The second-order valence-electron chi connectivity index (χ2n) is 5.75. The first-order valence-corrected chi connectivity index (χ1v) is 8.55. The van der Waals surface area contributed by atoms with E-state index >= 15 is 0 Å². The predicted molar refractivity (Wildman–Crippen MR) is 86.5 cm³/mol. The van der Waals surface area contributed by atoms with Crippen molar-refractivity contribution in [1.29, 1.82) is 0 Å². The van der Waals surface area contributed by atoms with Gasteiger partial charge in [0.25, 0.3) is 5.91 Å². The van der Waals surface area contributed by atoms with E-state index in [1.165, 1.54) is 45.3 Å². The Balaban J connectivity index is 2.45. The van der Waals surface area contributed by atoms with E-state index in [0.29, 0.717) is 5.56 Å². The molecule has 0 aliphatic carbocycles. The number of carboxylic acid groups (broad SMARTS) is 1. The normalized spacial score (nSPS) is 20.9. The van der Waals surface area contributed by atoms with Crippen LogP contribution in [0.4, 0.5) is 0 Å². The van der Waals surface area contributed by atoms with Crippen LogP contribution in [0, 0.1) is 0 Å². The van der Waals surface area contributed by atoms with Crippen LogP contribution in [-0.4, -0.2) is 71.8 Å². The Kier molecular flexibility index (Phi) is 4.95. The average Bonchev–Trinajstić information content (AvgIpc) is 2.80. The summed E-state index contributed by atoms with van der Waals surface area (Å²) in [5, 5.41) is 23.0. The zero-order valence-corrected chi connectivity index (χ0v) is 14.6. The van der Waals surface area contributed by atoms with E-state index in [1.807, 2.05) is 5.48 Å². The summed E-state index contributed by atoms with van der Waals surface area (Å²) in [5.41, 5.74) is 0.665. The van der Waals surface area contributed by atoms with Crippen LogP contribution in [0.25, 0.3) is 0 Å². The Hall–Kier alpha value is -2.34. The molecular weight excluding hydrogens is 352 g/mol. The molecule has 0 spiro atoms. The summed E-state index contributed by atoms with van der Waals surface area (Å²) < 4.78 is 25.2. The summed E-state index contributed by atoms with van der Waals surface area (Å²) in [5.74, 6) is -2.00. The number of nitrogens with zero attached hydrogens (tertiary/aromatic N) is 3. The topological polar surface area (TPSA) is 140 Å². The molecule has 1 amide bonds. The number of hydrogen-bond acceptors (Lipinski definition) is 7. The Morgan fingerprint density at radius 2 is 1.88 bits per heavy atom. The first kappa shape index (κ1) is 19.0. The van der Waals surface area contributed by atoms with Gasteiger partial charge in [0.15, 0.2) is 5.54 Å². The van der Waals surface area contributed by atoms with Crippen LogP contribution in [0.2, 0.25) is 0 Å². The number of hydroxylamine groups is 1. The van der Waals surface area contributed by atoms with Crippen molar-refractivity contribution in [2.75, 3.05) is 20.6 Å². The number of hydrazone groups is 1. The molecule has 0 fully saturated rings. The number of sulfonamides is 1. The highest BCUT2D eigenvalue weighted by molar-refractivity contribution is 7.89. The van der Waals surface area contributed by atoms with Gasteiger partial charge in [0, 0.05) is 19.7 Å². The Morgan fingerprint density at radius 1 is 1.32 bits per heavy atom. The molecule has 1 atom stereocenters. The molecule has 1 aliphatic rings. The Bertz CT molecular complexity index is 833. The lowest BCUT2D eigenvalue weighted by Crippen LogP contribution is -2.54. The third kappa shape index (κ3) is 3.26. The number of nitrogens with one attached hydrogen (secondary N) is 1. The Labute approximate surface area is 144 Å². The van der Waals surface area contributed by atoms with Crippen LogP contribution in [0.15, 0.2) is 34.3 Å². The molecule has 1 aromatic rings. The van der Waals surface area contributed by atoms with E-state index in [0.717, 1.165) is 9.31 Å². The fourth-order valence-electron chi connectivity index (χ4n) is 2.30. The third-order valence-corrected chi connectivity index (χ3v) is 5.60. The van der Waals surface area contributed by atoms with Gasteiger partial charge in [0.1, 0.15) is 6.54 Å². The van der Waals surface area contributed by atoms with E-state index < -0.39 is 34.0 Å². The molecule has 0 radical (unpaired) electrons. The molecule has 1 heterocycles. The number of benzene rings is 1. The summed E-state index contributed by atoms with van der Waals surface area (Å²) in [6.45, 7) is 0.688. The summed E-state index contributed by atoms with van der Waals surface area (Å²) in [7, 11) is -0.811. The molecule has 1 aliphatic heterocycles. The van der Waals surface area contributed by atoms with Gasteiger partial charge in [-0.25, -0.2) is 17.7 Å². The number of carboxylic acids is 1. The minimum atomic E-state index is -3.62. The molecule has 0 saturated heterocycles. The summed E-state index contributed by atoms with van der Waals surface area (Å²) >= 11 is 0. The van der Waals surface area contributed by atoms with Gasteiger partial charge in [0.2, 0.25) is 10.0 Å². The van der Waals surface area contributed by atoms with Gasteiger partial charge in [-0.2, -0.15) is 10.6 Å². The lowest BCUT2D eigenvalue weighted by molar-refractivity contribution is -0.146. The number of carbonyl (C=O) groups excluding carboxylic acids is 1. The van der Waals surface area contributed by atoms with Crippen molar-refractivity contribution in [3.8, 4) is 0 Å². The molecule has 3 N–H and O–H groups in total. The van der Waals surface area contributed by atoms with Gasteiger partial charge in [-0.1, -0.05) is 12.1 Å². The van der Waals surface area contributed by atoms with Crippen molar-refractivity contribution in [1.82, 2.24) is 14.8 Å². The highest BCUT2D eigenvalue weighted by Gasteiger charge is 2.48. The average molecular weight is 370 g/mol. The predicted octanol–water partition coefficient (Wildman–Crippen LogP) is -0.695.